The predicted molar refractivity (Wildman–Crippen MR) is 71.3 cm³/mol. The number of benzene rings is 2. The van der Waals surface area contributed by atoms with Gasteiger partial charge < -0.3 is 0 Å². The molecular weight excluding hydrogens is 259 g/mol. The minimum atomic E-state index is 0.612. The molecule has 0 N–H and O–H groups in total. The molecule has 0 aliphatic carbocycles. The summed E-state index contributed by atoms with van der Waals surface area (Å²) in [6.45, 7) is 0. The van der Waals surface area contributed by atoms with Gasteiger partial charge in [0.2, 0.25) is 0 Å². The van der Waals surface area contributed by atoms with E-state index < -0.39 is 0 Å². The molecule has 3 heteroatoms. The van der Waals surface area contributed by atoms with Crippen molar-refractivity contribution in [1.82, 2.24) is 0 Å². The molecule has 0 aliphatic rings. The Morgan fingerprint density at radius 3 is 2.56 bits per heavy atom. The van der Waals surface area contributed by atoms with Crippen LogP contribution in [0.3, 0.4) is 0 Å². The van der Waals surface area contributed by atoms with Crippen molar-refractivity contribution in [3.8, 4) is 0 Å². The molecule has 16 heavy (non-hydrogen) atoms. The summed E-state index contributed by atoms with van der Waals surface area (Å²) in [4.78, 5) is 1.20. The van der Waals surface area contributed by atoms with Crippen LogP contribution in [0.1, 0.15) is 5.56 Å². The quantitative estimate of drug-likeness (QED) is 0.699. The third kappa shape index (κ3) is 2.94. The number of rotatable bonds is 3. The van der Waals surface area contributed by atoms with Crippen molar-refractivity contribution in [3.63, 3.8) is 0 Å². The van der Waals surface area contributed by atoms with E-state index in [0.29, 0.717) is 10.0 Å². The van der Waals surface area contributed by atoms with Gasteiger partial charge in [0.25, 0.3) is 0 Å². The highest BCUT2D eigenvalue weighted by molar-refractivity contribution is 7.98. The summed E-state index contributed by atoms with van der Waals surface area (Å²) in [6, 6.07) is 16.6. The second-order valence-electron chi connectivity index (χ2n) is 3.24. The molecule has 0 aromatic heterocycles. The van der Waals surface area contributed by atoms with Crippen molar-refractivity contribution in [2.24, 2.45) is 0 Å². The maximum atomic E-state index is 6.11. The molecule has 0 atom stereocenters. The Hall–Kier alpha value is -0.630. The second kappa shape index (κ2) is 5.62. The molecule has 0 heterocycles. The topological polar surface area (TPSA) is 0 Å². The van der Waals surface area contributed by atoms with Gasteiger partial charge in [-0.15, -0.1) is 11.8 Å². The van der Waals surface area contributed by atoms with Crippen molar-refractivity contribution < 1.29 is 0 Å². The van der Waals surface area contributed by atoms with E-state index in [9.17, 15) is 0 Å². The van der Waals surface area contributed by atoms with Crippen molar-refractivity contribution in [2.45, 2.75) is 10.6 Å². The summed E-state index contributed by atoms with van der Waals surface area (Å²) < 4.78 is 0. The Morgan fingerprint density at radius 2 is 1.81 bits per heavy atom. The SMILES string of the molecule is Clc1cccc(CSc2cc[c]cc2)c1Cl. The van der Waals surface area contributed by atoms with E-state index in [-0.39, 0.29) is 0 Å². The average Bonchev–Trinajstić information content (AvgIpc) is 2.32. The summed E-state index contributed by atoms with van der Waals surface area (Å²) in [6.07, 6.45) is 0. The molecule has 1 radical (unpaired) electrons. The molecule has 81 valence electrons. The van der Waals surface area contributed by atoms with E-state index in [4.69, 9.17) is 23.2 Å². The van der Waals surface area contributed by atoms with E-state index in [1.807, 2.05) is 36.4 Å². The van der Waals surface area contributed by atoms with Crippen molar-refractivity contribution in [3.05, 3.63) is 64.1 Å². The molecule has 0 unspecified atom stereocenters. The Morgan fingerprint density at radius 1 is 1.06 bits per heavy atom. The van der Waals surface area contributed by atoms with Gasteiger partial charge in [0, 0.05) is 10.6 Å². The summed E-state index contributed by atoms with van der Waals surface area (Å²) in [5.74, 6) is 0.823. The lowest BCUT2D eigenvalue weighted by atomic mass is 10.2. The second-order valence-corrected chi connectivity index (χ2v) is 5.07. The number of hydrogen-bond donors (Lipinski definition) is 0. The summed E-state index contributed by atoms with van der Waals surface area (Å²) in [5, 5.41) is 1.26. The fraction of sp³-hybridized carbons (Fsp3) is 0.0769. The first kappa shape index (κ1) is 11.8. The third-order valence-electron chi connectivity index (χ3n) is 2.11. The molecule has 0 aliphatic heterocycles. The minimum absolute atomic E-state index is 0.612. The Labute approximate surface area is 110 Å². The first-order valence-corrected chi connectivity index (χ1v) is 6.53. The van der Waals surface area contributed by atoms with Gasteiger partial charge in [-0.05, 0) is 29.8 Å². The normalized spacial score (nSPS) is 10.4. The lowest BCUT2D eigenvalue weighted by Crippen LogP contribution is -1.83. The Bertz CT molecular complexity index is 469. The summed E-state index contributed by atoms with van der Waals surface area (Å²) in [5.41, 5.74) is 1.06. The van der Waals surface area contributed by atoms with Gasteiger partial charge in [0.1, 0.15) is 0 Å². The monoisotopic (exact) mass is 267 g/mol. The zero-order valence-electron chi connectivity index (χ0n) is 8.41. The van der Waals surface area contributed by atoms with Gasteiger partial charge in [-0.25, -0.2) is 0 Å². The van der Waals surface area contributed by atoms with Gasteiger partial charge in [-0.3, -0.25) is 0 Å². The minimum Gasteiger partial charge on any atom is -0.121 e. The molecule has 0 bridgehead atoms. The standard InChI is InChI=1S/C13H9Cl2S/c14-12-8-4-5-10(13(12)15)9-16-11-6-2-1-3-7-11/h2-8H,9H2. The lowest BCUT2D eigenvalue weighted by Gasteiger charge is -2.05. The van der Waals surface area contributed by atoms with Crippen LogP contribution in [0.5, 0.6) is 0 Å². The fourth-order valence-corrected chi connectivity index (χ4v) is 2.65. The maximum absolute atomic E-state index is 6.11. The highest BCUT2D eigenvalue weighted by Gasteiger charge is 2.04. The largest absolute Gasteiger partial charge is 0.121 e. The predicted octanol–water partition coefficient (Wildman–Crippen LogP) is 5.09. The lowest BCUT2D eigenvalue weighted by molar-refractivity contribution is 1.38. The van der Waals surface area contributed by atoms with Crippen LogP contribution < -0.4 is 0 Å². The molecular formula is C13H9Cl2S. The van der Waals surface area contributed by atoms with Crippen molar-refractivity contribution >= 4 is 35.0 Å². The molecule has 0 spiro atoms. The van der Waals surface area contributed by atoms with E-state index in [0.717, 1.165) is 11.3 Å². The van der Waals surface area contributed by atoms with Crippen molar-refractivity contribution in [2.75, 3.05) is 0 Å². The van der Waals surface area contributed by atoms with Gasteiger partial charge in [-0.1, -0.05) is 47.5 Å². The van der Waals surface area contributed by atoms with Gasteiger partial charge in [-0.2, -0.15) is 0 Å². The van der Waals surface area contributed by atoms with Crippen LogP contribution in [0.2, 0.25) is 10.0 Å². The molecule has 0 saturated carbocycles. The van der Waals surface area contributed by atoms with E-state index in [1.54, 1.807) is 17.8 Å². The maximum Gasteiger partial charge on any atom is 0.0632 e. The van der Waals surface area contributed by atoms with Crippen LogP contribution in [0.4, 0.5) is 0 Å². The molecule has 2 aromatic rings. The van der Waals surface area contributed by atoms with Gasteiger partial charge >= 0.3 is 0 Å². The molecule has 0 fully saturated rings. The number of thioether (sulfide) groups is 1. The number of halogens is 2. The Kier molecular flexibility index (Phi) is 4.16. The van der Waals surface area contributed by atoms with Gasteiger partial charge in [0.05, 0.1) is 10.0 Å². The van der Waals surface area contributed by atoms with Crippen LogP contribution in [0.25, 0.3) is 0 Å². The smallest absolute Gasteiger partial charge is 0.0632 e. The summed E-state index contributed by atoms with van der Waals surface area (Å²) >= 11 is 13.8. The van der Waals surface area contributed by atoms with Crippen LogP contribution >= 0.6 is 35.0 Å². The first-order chi connectivity index (χ1) is 7.77. The number of hydrogen-bond acceptors (Lipinski definition) is 1. The Balaban J connectivity index is 2.08. The molecule has 2 rings (SSSR count). The van der Waals surface area contributed by atoms with Crippen LogP contribution in [-0.2, 0) is 5.75 Å². The fourth-order valence-electron chi connectivity index (χ4n) is 1.29. The molecule has 0 nitrogen and oxygen atoms in total. The van der Waals surface area contributed by atoms with Gasteiger partial charge in [0.15, 0.2) is 0 Å². The highest BCUT2D eigenvalue weighted by Crippen LogP contribution is 2.30. The molecule has 2 aromatic carbocycles. The molecule has 0 amide bonds. The third-order valence-corrected chi connectivity index (χ3v) is 4.03. The van der Waals surface area contributed by atoms with E-state index in [1.165, 1.54) is 4.90 Å². The van der Waals surface area contributed by atoms with Crippen LogP contribution in [-0.4, -0.2) is 0 Å². The van der Waals surface area contributed by atoms with E-state index in [2.05, 4.69) is 6.07 Å². The highest BCUT2D eigenvalue weighted by atomic mass is 35.5. The van der Waals surface area contributed by atoms with Crippen molar-refractivity contribution in [1.29, 1.82) is 0 Å². The average molecular weight is 268 g/mol. The zero-order valence-corrected chi connectivity index (χ0v) is 10.7. The van der Waals surface area contributed by atoms with Crippen LogP contribution in [0, 0.1) is 6.07 Å². The van der Waals surface area contributed by atoms with E-state index >= 15 is 0 Å². The zero-order chi connectivity index (χ0) is 11.4. The molecule has 0 saturated heterocycles. The summed E-state index contributed by atoms with van der Waals surface area (Å²) in [7, 11) is 0. The first-order valence-electron chi connectivity index (χ1n) is 4.79. The van der Waals surface area contributed by atoms with Crippen LogP contribution in [0.15, 0.2) is 47.4 Å².